The molecule has 0 saturated heterocycles. The number of halogens is 1. The molecule has 78 valence electrons. The molecule has 0 amide bonds. The minimum absolute atomic E-state index is 0.191. The molecule has 2 N–H and O–H groups in total. The van der Waals surface area contributed by atoms with Crippen LogP contribution >= 0.6 is 22.9 Å². The van der Waals surface area contributed by atoms with Gasteiger partial charge in [-0.25, -0.2) is 4.98 Å². The summed E-state index contributed by atoms with van der Waals surface area (Å²) < 4.78 is 1.20. The molecule has 1 aromatic carbocycles. The lowest BCUT2D eigenvalue weighted by Crippen LogP contribution is -2.19. The van der Waals surface area contributed by atoms with Crippen LogP contribution in [0.1, 0.15) is 17.8 Å². The number of thiazole rings is 1. The maximum absolute atomic E-state index is 5.93. The zero-order chi connectivity index (χ0) is 10.5. The Kier molecular flexibility index (Phi) is 2.03. The summed E-state index contributed by atoms with van der Waals surface area (Å²) in [5, 5.41) is 1.93. The highest BCUT2D eigenvalue weighted by Gasteiger charge is 2.45. The fourth-order valence-electron chi connectivity index (χ4n) is 1.78. The molecule has 0 aliphatic heterocycles. The van der Waals surface area contributed by atoms with Gasteiger partial charge < -0.3 is 5.73 Å². The van der Waals surface area contributed by atoms with Gasteiger partial charge in [-0.15, -0.1) is 11.3 Å². The first-order chi connectivity index (χ1) is 7.23. The molecule has 1 saturated carbocycles. The summed E-state index contributed by atoms with van der Waals surface area (Å²) in [6.07, 6.45) is 2.36. The summed E-state index contributed by atoms with van der Waals surface area (Å²) in [4.78, 5) is 4.63. The van der Waals surface area contributed by atoms with Gasteiger partial charge in [-0.3, -0.25) is 0 Å². The van der Waals surface area contributed by atoms with Gasteiger partial charge in [0, 0.05) is 17.0 Å². The van der Waals surface area contributed by atoms with Crippen molar-refractivity contribution >= 4 is 33.2 Å². The van der Waals surface area contributed by atoms with Gasteiger partial charge in [0.25, 0.3) is 0 Å². The van der Waals surface area contributed by atoms with E-state index in [4.69, 9.17) is 17.3 Å². The quantitative estimate of drug-likeness (QED) is 0.874. The second-order valence-corrected chi connectivity index (χ2v) is 5.58. The van der Waals surface area contributed by atoms with Crippen molar-refractivity contribution in [2.24, 2.45) is 5.73 Å². The first kappa shape index (κ1) is 9.58. The molecule has 1 aliphatic carbocycles. The molecule has 0 unspecified atom stereocenters. The third kappa shape index (κ3) is 1.46. The highest BCUT2D eigenvalue weighted by molar-refractivity contribution is 7.18. The van der Waals surface area contributed by atoms with Gasteiger partial charge in [0.15, 0.2) is 0 Å². The Morgan fingerprint density at radius 3 is 2.93 bits per heavy atom. The molecular weight excluding hydrogens is 228 g/mol. The lowest BCUT2D eigenvalue weighted by Gasteiger charge is -2.05. The van der Waals surface area contributed by atoms with Crippen molar-refractivity contribution in [3.8, 4) is 0 Å². The predicted molar refractivity (Wildman–Crippen MR) is 64.6 cm³/mol. The van der Waals surface area contributed by atoms with Crippen molar-refractivity contribution in [2.75, 3.05) is 6.54 Å². The molecule has 0 radical (unpaired) electrons. The lowest BCUT2D eigenvalue weighted by atomic mass is 10.1. The summed E-state index contributed by atoms with van der Waals surface area (Å²) >= 11 is 7.68. The summed E-state index contributed by atoms with van der Waals surface area (Å²) in [6.45, 7) is 0.709. The Balaban J connectivity index is 2.14. The van der Waals surface area contributed by atoms with Crippen LogP contribution in [0.4, 0.5) is 0 Å². The van der Waals surface area contributed by atoms with E-state index in [1.807, 2.05) is 18.2 Å². The van der Waals surface area contributed by atoms with Crippen LogP contribution in [0.5, 0.6) is 0 Å². The van der Waals surface area contributed by atoms with E-state index >= 15 is 0 Å². The van der Waals surface area contributed by atoms with E-state index < -0.39 is 0 Å². The number of nitrogens with two attached hydrogens (primary N) is 1. The fourth-order valence-corrected chi connectivity index (χ4v) is 3.15. The Labute approximate surface area is 97.1 Å². The van der Waals surface area contributed by atoms with Gasteiger partial charge in [-0.05, 0) is 31.0 Å². The van der Waals surface area contributed by atoms with E-state index in [0.29, 0.717) is 6.54 Å². The Hall–Kier alpha value is -0.640. The summed E-state index contributed by atoms with van der Waals surface area (Å²) in [5.74, 6) is 0. The Morgan fingerprint density at radius 2 is 2.27 bits per heavy atom. The smallest absolute Gasteiger partial charge is 0.101 e. The van der Waals surface area contributed by atoms with E-state index in [2.05, 4.69) is 4.98 Å². The van der Waals surface area contributed by atoms with Crippen LogP contribution in [0.15, 0.2) is 18.2 Å². The Bertz CT molecular complexity index is 516. The van der Waals surface area contributed by atoms with Gasteiger partial charge in [-0.2, -0.15) is 0 Å². The molecule has 15 heavy (non-hydrogen) atoms. The molecule has 1 aromatic heterocycles. The number of hydrogen-bond donors (Lipinski definition) is 1. The molecular formula is C11H11ClN2S. The first-order valence-corrected chi connectivity index (χ1v) is 6.20. The molecule has 1 aliphatic rings. The molecule has 1 fully saturated rings. The number of rotatable bonds is 2. The van der Waals surface area contributed by atoms with Gasteiger partial charge in [0.05, 0.1) is 10.2 Å². The maximum Gasteiger partial charge on any atom is 0.101 e. The van der Waals surface area contributed by atoms with Crippen LogP contribution in [0.2, 0.25) is 5.02 Å². The van der Waals surface area contributed by atoms with Crippen LogP contribution in [0, 0.1) is 0 Å². The third-order valence-electron chi connectivity index (χ3n) is 3.05. The summed E-state index contributed by atoms with van der Waals surface area (Å²) in [6, 6.07) is 5.86. The van der Waals surface area contributed by atoms with Gasteiger partial charge >= 0.3 is 0 Å². The zero-order valence-corrected chi connectivity index (χ0v) is 9.74. The summed E-state index contributed by atoms with van der Waals surface area (Å²) in [5.41, 5.74) is 6.99. The highest BCUT2D eigenvalue weighted by Crippen LogP contribution is 2.49. The molecule has 1 heterocycles. The second-order valence-electron chi connectivity index (χ2n) is 4.12. The van der Waals surface area contributed by atoms with E-state index in [1.54, 1.807) is 11.3 Å². The molecule has 0 spiro atoms. The number of hydrogen-bond acceptors (Lipinski definition) is 3. The van der Waals surface area contributed by atoms with Crippen molar-refractivity contribution in [1.82, 2.24) is 4.98 Å². The summed E-state index contributed by atoms with van der Waals surface area (Å²) in [7, 11) is 0. The Morgan fingerprint density at radius 1 is 1.47 bits per heavy atom. The van der Waals surface area contributed by atoms with Crippen molar-refractivity contribution in [1.29, 1.82) is 0 Å². The van der Waals surface area contributed by atoms with E-state index in [1.165, 1.54) is 22.5 Å². The predicted octanol–water partition coefficient (Wildman–Crippen LogP) is 2.94. The van der Waals surface area contributed by atoms with Gasteiger partial charge in [-0.1, -0.05) is 11.6 Å². The van der Waals surface area contributed by atoms with Crippen LogP contribution < -0.4 is 5.73 Å². The van der Waals surface area contributed by atoms with Crippen molar-refractivity contribution < 1.29 is 0 Å². The second kappa shape index (κ2) is 3.17. The molecule has 3 rings (SSSR count). The average Bonchev–Trinajstić information content (AvgIpc) is 2.93. The fraction of sp³-hybridized carbons (Fsp3) is 0.364. The number of fused-ring (bicyclic) bond motifs is 1. The van der Waals surface area contributed by atoms with Crippen LogP contribution in [0.3, 0.4) is 0 Å². The van der Waals surface area contributed by atoms with Crippen molar-refractivity contribution in [2.45, 2.75) is 18.3 Å². The minimum atomic E-state index is 0.191. The monoisotopic (exact) mass is 238 g/mol. The first-order valence-electron chi connectivity index (χ1n) is 5.00. The van der Waals surface area contributed by atoms with Crippen molar-refractivity contribution in [3.63, 3.8) is 0 Å². The highest BCUT2D eigenvalue weighted by atomic mass is 35.5. The largest absolute Gasteiger partial charge is 0.329 e. The maximum atomic E-state index is 5.93. The van der Waals surface area contributed by atoms with Gasteiger partial charge in [0.2, 0.25) is 0 Å². The molecule has 0 bridgehead atoms. The standard InChI is InChI=1S/C11H11ClN2S/c12-7-1-2-9-8(5-7)14-10(15-9)11(6-13)3-4-11/h1-2,5H,3-4,6,13H2. The molecule has 4 heteroatoms. The number of benzene rings is 1. The molecule has 0 atom stereocenters. The van der Waals surface area contributed by atoms with E-state index in [9.17, 15) is 0 Å². The van der Waals surface area contributed by atoms with Gasteiger partial charge in [0.1, 0.15) is 5.01 Å². The minimum Gasteiger partial charge on any atom is -0.329 e. The van der Waals surface area contributed by atoms with Crippen LogP contribution in [-0.4, -0.2) is 11.5 Å². The number of aromatic nitrogens is 1. The lowest BCUT2D eigenvalue weighted by molar-refractivity contribution is 0.700. The molecule has 2 aromatic rings. The zero-order valence-electron chi connectivity index (χ0n) is 8.16. The third-order valence-corrected chi connectivity index (χ3v) is 4.57. The van der Waals surface area contributed by atoms with E-state index in [-0.39, 0.29) is 5.41 Å². The van der Waals surface area contributed by atoms with Crippen LogP contribution in [0.25, 0.3) is 10.2 Å². The average molecular weight is 239 g/mol. The topological polar surface area (TPSA) is 38.9 Å². The normalized spacial score (nSPS) is 18.3. The number of nitrogens with zero attached hydrogens (tertiary/aromatic N) is 1. The SMILES string of the molecule is NCC1(c2nc3cc(Cl)ccc3s2)CC1. The van der Waals surface area contributed by atoms with Crippen LogP contribution in [-0.2, 0) is 5.41 Å². The van der Waals surface area contributed by atoms with Crippen molar-refractivity contribution in [3.05, 3.63) is 28.2 Å². The van der Waals surface area contributed by atoms with E-state index in [0.717, 1.165) is 10.5 Å². The molecule has 2 nitrogen and oxygen atoms in total.